The monoisotopic (exact) mass is 322 g/mol. The Kier molecular flexibility index (Phi) is 3.97. The van der Waals surface area contributed by atoms with Gasteiger partial charge in [-0.25, -0.2) is 14.8 Å². The highest BCUT2D eigenvalue weighted by Gasteiger charge is 2.12. The van der Waals surface area contributed by atoms with Crippen LogP contribution in [-0.2, 0) is 4.74 Å². The summed E-state index contributed by atoms with van der Waals surface area (Å²) in [5.41, 5.74) is 0.766. The quantitative estimate of drug-likeness (QED) is 0.561. The molecule has 0 aliphatic heterocycles. The zero-order chi connectivity index (χ0) is 14.7. The second-order valence-corrected chi connectivity index (χ2v) is 5.95. The molecule has 3 heterocycles. The number of amides is 1. The Hall–Kier alpha value is -2.20. The summed E-state index contributed by atoms with van der Waals surface area (Å²) in [6.07, 6.45) is 2.75. The van der Waals surface area contributed by atoms with Gasteiger partial charge in [0.25, 0.3) is 0 Å². The predicted octanol–water partition coefficient (Wildman–Crippen LogP) is 2.53. The van der Waals surface area contributed by atoms with E-state index in [1.807, 2.05) is 6.07 Å². The van der Waals surface area contributed by atoms with E-state index >= 15 is 0 Å². The molecule has 0 saturated heterocycles. The third-order valence-corrected chi connectivity index (χ3v) is 4.30. The number of fused-ring (bicyclic) bond motifs is 1. The van der Waals surface area contributed by atoms with Crippen molar-refractivity contribution in [2.24, 2.45) is 0 Å². The van der Waals surface area contributed by atoms with Crippen molar-refractivity contribution in [3.05, 3.63) is 18.6 Å². The van der Waals surface area contributed by atoms with Crippen molar-refractivity contribution in [3.8, 4) is 0 Å². The lowest BCUT2D eigenvalue weighted by molar-refractivity contribution is 0.168. The molecule has 0 fully saturated rings. The molecule has 108 valence electrons. The molecule has 3 rings (SSSR count). The van der Waals surface area contributed by atoms with Crippen LogP contribution in [0, 0.1) is 0 Å². The van der Waals surface area contributed by atoms with Crippen molar-refractivity contribution in [3.63, 3.8) is 0 Å². The largest absolute Gasteiger partial charge is 0.450 e. The summed E-state index contributed by atoms with van der Waals surface area (Å²) in [5, 5.41) is 12.5. The molecule has 0 bridgehead atoms. The Bertz CT molecular complexity index is 771. The van der Waals surface area contributed by atoms with Crippen LogP contribution >= 0.6 is 23.1 Å². The van der Waals surface area contributed by atoms with Crippen LogP contribution in [0.5, 0.6) is 0 Å². The van der Waals surface area contributed by atoms with E-state index in [0.29, 0.717) is 16.1 Å². The summed E-state index contributed by atoms with van der Waals surface area (Å²) in [4.78, 5) is 22.7. The Morgan fingerprint density at radius 1 is 1.48 bits per heavy atom. The van der Waals surface area contributed by atoms with Crippen molar-refractivity contribution in [2.45, 2.75) is 16.3 Å². The molecule has 0 unspecified atom stereocenters. The van der Waals surface area contributed by atoms with Crippen molar-refractivity contribution in [1.82, 2.24) is 25.1 Å². The molecular weight excluding hydrogens is 312 g/mol. The van der Waals surface area contributed by atoms with Crippen LogP contribution in [0.15, 0.2) is 28.0 Å². The number of carbonyl (C=O) groups excluding carboxylic acids is 1. The molecule has 0 atom stereocenters. The van der Waals surface area contributed by atoms with E-state index in [1.165, 1.54) is 29.4 Å². The second kappa shape index (κ2) is 6.06. The van der Waals surface area contributed by atoms with Gasteiger partial charge in [-0.1, -0.05) is 11.3 Å². The molecule has 0 aliphatic carbocycles. The number of carbonyl (C=O) groups is 1. The van der Waals surface area contributed by atoms with Crippen LogP contribution in [-0.4, -0.2) is 37.8 Å². The molecular formula is C11H10N6O2S2. The number of H-pyrrole nitrogens is 1. The number of aromatic amines is 1. The number of ether oxygens (including phenoxy) is 1. The molecule has 10 heteroatoms. The van der Waals surface area contributed by atoms with Gasteiger partial charge in [0, 0.05) is 6.20 Å². The molecule has 3 aromatic rings. The van der Waals surface area contributed by atoms with Crippen LogP contribution in [0.3, 0.4) is 0 Å². The van der Waals surface area contributed by atoms with Crippen LogP contribution in [0.1, 0.15) is 6.92 Å². The van der Waals surface area contributed by atoms with Gasteiger partial charge in [0.1, 0.15) is 17.0 Å². The number of hydrogen-bond acceptors (Lipinski definition) is 8. The third kappa shape index (κ3) is 3.11. The van der Waals surface area contributed by atoms with Crippen LogP contribution in [0.25, 0.3) is 11.0 Å². The van der Waals surface area contributed by atoms with Crippen molar-refractivity contribution in [1.29, 1.82) is 0 Å². The SMILES string of the molecule is CCOC(=O)Nc1nnc(Sc2ncnc3[nH]ccc23)s1. The van der Waals surface area contributed by atoms with Crippen molar-refractivity contribution in [2.75, 3.05) is 11.9 Å². The van der Waals surface area contributed by atoms with Gasteiger partial charge < -0.3 is 9.72 Å². The van der Waals surface area contributed by atoms with Crippen LogP contribution in [0.2, 0.25) is 0 Å². The smallest absolute Gasteiger partial charge is 0.413 e. The maximum atomic E-state index is 11.3. The van der Waals surface area contributed by atoms with E-state index in [-0.39, 0.29) is 0 Å². The number of hydrogen-bond donors (Lipinski definition) is 2. The first-order valence-electron chi connectivity index (χ1n) is 5.99. The minimum Gasteiger partial charge on any atom is -0.450 e. The minimum absolute atomic E-state index is 0.304. The average molecular weight is 322 g/mol. The highest BCUT2D eigenvalue weighted by molar-refractivity contribution is 8.01. The maximum absolute atomic E-state index is 11.3. The summed E-state index contributed by atoms with van der Waals surface area (Å²) >= 11 is 2.62. The summed E-state index contributed by atoms with van der Waals surface area (Å²) in [6, 6.07) is 1.90. The van der Waals surface area contributed by atoms with E-state index in [1.54, 1.807) is 13.1 Å². The number of anilines is 1. The van der Waals surface area contributed by atoms with Gasteiger partial charge in [0.2, 0.25) is 5.13 Å². The lowest BCUT2D eigenvalue weighted by Gasteiger charge is -1.99. The zero-order valence-corrected chi connectivity index (χ0v) is 12.5. The minimum atomic E-state index is -0.541. The lowest BCUT2D eigenvalue weighted by atomic mass is 10.4. The highest BCUT2D eigenvalue weighted by Crippen LogP contribution is 2.33. The van der Waals surface area contributed by atoms with Gasteiger partial charge in [0.15, 0.2) is 4.34 Å². The normalized spacial score (nSPS) is 10.7. The highest BCUT2D eigenvalue weighted by atomic mass is 32.2. The molecule has 8 nitrogen and oxygen atoms in total. The molecule has 21 heavy (non-hydrogen) atoms. The van der Waals surface area contributed by atoms with Crippen molar-refractivity contribution < 1.29 is 9.53 Å². The summed E-state index contributed by atoms with van der Waals surface area (Å²) in [7, 11) is 0. The molecule has 0 aliphatic rings. The van der Waals surface area contributed by atoms with Gasteiger partial charge in [0.05, 0.1) is 12.0 Å². The number of aromatic nitrogens is 5. The van der Waals surface area contributed by atoms with E-state index in [2.05, 4.69) is 30.5 Å². The van der Waals surface area contributed by atoms with Gasteiger partial charge in [-0.3, -0.25) is 5.32 Å². The summed E-state index contributed by atoms with van der Waals surface area (Å²) in [5.74, 6) is 0. The van der Waals surface area contributed by atoms with E-state index < -0.39 is 6.09 Å². The lowest BCUT2D eigenvalue weighted by Crippen LogP contribution is -2.12. The zero-order valence-electron chi connectivity index (χ0n) is 10.9. The summed E-state index contributed by atoms with van der Waals surface area (Å²) < 4.78 is 5.45. The second-order valence-electron chi connectivity index (χ2n) is 3.74. The molecule has 0 radical (unpaired) electrons. The Labute approximate surface area is 127 Å². The fourth-order valence-corrected chi connectivity index (χ4v) is 3.29. The van der Waals surface area contributed by atoms with E-state index in [4.69, 9.17) is 4.74 Å². The third-order valence-electron chi connectivity index (χ3n) is 2.39. The molecule has 0 aromatic carbocycles. The predicted molar refractivity (Wildman–Crippen MR) is 78.6 cm³/mol. The van der Waals surface area contributed by atoms with Gasteiger partial charge in [-0.2, -0.15) is 0 Å². The fraction of sp³-hybridized carbons (Fsp3) is 0.182. The van der Waals surface area contributed by atoms with E-state index in [9.17, 15) is 4.79 Å². The van der Waals surface area contributed by atoms with Gasteiger partial charge in [-0.05, 0) is 24.8 Å². The fourth-order valence-electron chi connectivity index (χ4n) is 1.57. The Morgan fingerprint density at radius 3 is 3.24 bits per heavy atom. The molecule has 0 spiro atoms. The number of nitrogens with one attached hydrogen (secondary N) is 2. The Balaban J connectivity index is 1.75. The Morgan fingerprint density at radius 2 is 2.38 bits per heavy atom. The first kappa shape index (κ1) is 13.8. The number of rotatable bonds is 4. The van der Waals surface area contributed by atoms with Crippen LogP contribution < -0.4 is 5.32 Å². The molecule has 1 amide bonds. The van der Waals surface area contributed by atoms with E-state index in [0.717, 1.165) is 16.1 Å². The van der Waals surface area contributed by atoms with Crippen LogP contribution in [0.4, 0.5) is 9.93 Å². The summed E-state index contributed by atoms with van der Waals surface area (Å²) in [6.45, 7) is 2.04. The van der Waals surface area contributed by atoms with Crippen molar-refractivity contribution >= 4 is 45.4 Å². The first-order chi connectivity index (χ1) is 10.3. The average Bonchev–Trinajstić information content (AvgIpc) is 3.09. The maximum Gasteiger partial charge on any atom is 0.413 e. The topological polar surface area (TPSA) is 106 Å². The molecule has 2 N–H and O–H groups in total. The first-order valence-corrected chi connectivity index (χ1v) is 7.63. The standard InChI is InChI=1S/C11H10N6O2S2/c1-2-19-10(18)15-9-16-17-11(21-9)20-8-6-3-4-12-7(6)13-5-14-8/h3-5H,2H2,1H3,(H,12,13,14)(H,15,16,18). The van der Waals surface area contributed by atoms with Gasteiger partial charge >= 0.3 is 6.09 Å². The molecule has 3 aromatic heterocycles. The van der Waals surface area contributed by atoms with Gasteiger partial charge in [-0.15, -0.1) is 10.2 Å². The molecule has 0 saturated carbocycles. The number of nitrogens with zero attached hydrogens (tertiary/aromatic N) is 4.